The van der Waals surface area contributed by atoms with E-state index in [0.717, 1.165) is 66.6 Å². The minimum Gasteiger partial charge on any atom is -0.481 e. The molecular weight excluding hydrogens is 867 g/mol. The standard InChI is InChI=1S/C26H19FN4O2.C16H12N4O.C10H9FO2.CH4/c27-16-8-6-14(7-9-16)18-12-19(18)25(32)29-17-10-20-23-21(13-28-31-26(20)33)24(30-22(23)11-17)15-4-2-1-3-5-15;17-10-6-11-14-12(8-18-20-16(11)21)15(19-13(14)7-10)9-4-2-1-3-5-9;11-7-3-1-6(2-4-7)8-5-9(8)10(12)13;/h1-11,13,18-19,30H,12H2,(H,29,32)(H,31,33);1-8,19H,17H2,(H,20,21);1-4,8-9H,5H2,(H,12,13);1H4. The van der Waals surface area contributed by atoms with Gasteiger partial charge < -0.3 is 26.1 Å². The number of hydrogen-bond donors (Lipinski definition) is 7. The van der Waals surface area contributed by atoms with Gasteiger partial charge in [-0.05, 0) is 95.5 Å². The fourth-order valence-electron chi connectivity index (χ4n) is 8.87. The summed E-state index contributed by atoms with van der Waals surface area (Å²) in [6.45, 7) is 0. The number of nitrogens with two attached hydrogens (primary N) is 1. The Kier molecular flexibility index (Phi) is 12.0. The fourth-order valence-corrected chi connectivity index (χ4v) is 8.87. The molecule has 15 heteroatoms. The number of nitrogen functional groups attached to an aromatic ring is 1. The first-order valence-corrected chi connectivity index (χ1v) is 21.5. The van der Waals surface area contributed by atoms with Crippen molar-refractivity contribution >= 4 is 69.3 Å². The van der Waals surface area contributed by atoms with E-state index in [9.17, 15) is 28.0 Å². The summed E-state index contributed by atoms with van der Waals surface area (Å²) in [7, 11) is 0. The number of benzene rings is 6. The summed E-state index contributed by atoms with van der Waals surface area (Å²) < 4.78 is 25.7. The minimum atomic E-state index is -0.755. The summed E-state index contributed by atoms with van der Waals surface area (Å²) >= 11 is 0. The van der Waals surface area contributed by atoms with Gasteiger partial charge in [0.2, 0.25) is 5.91 Å². The van der Waals surface area contributed by atoms with Crippen LogP contribution in [0.25, 0.3) is 44.3 Å². The van der Waals surface area contributed by atoms with Gasteiger partial charge in [-0.1, -0.05) is 92.4 Å². The van der Waals surface area contributed by atoms with Crippen molar-refractivity contribution in [3.05, 3.63) is 178 Å². The first-order chi connectivity index (χ1) is 32.5. The Bertz CT molecular complexity index is 3310. The number of aliphatic carboxylic acids is 1. The van der Waals surface area contributed by atoms with Crippen molar-refractivity contribution in [2.45, 2.75) is 32.1 Å². The zero-order chi connectivity index (χ0) is 46.3. The van der Waals surface area contributed by atoms with Crippen LogP contribution in [0.4, 0.5) is 20.2 Å². The van der Waals surface area contributed by atoms with Gasteiger partial charge in [-0.15, -0.1) is 0 Å². The number of aromatic nitrogens is 2. The normalized spacial score (nSPS) is 18.0. The van der Waals surface area contributed by atoms with Gasteiger partial charge in [0.25, 0.3) is 11.8 Å². The lowest BCUT2D eigenvalue weighted by molar-refractivity contribution is -0.138. The molecule has 0 spiro atoms. The molecule has 0 saturated heterocycles. The van der Waals surface area contributed by atoms with E-state index in [-0.39, 0.29) is 60.5 Å². The average Bonchev–Trinajstić information content (AvgIpc) is 4.26. The topological polar surface area (TPSA) is 207 Å². The second kappa shape index (κ2) is 18.3. The van der Waals surface area contributed by atoms with E-state index in [1.54, 1.807) is 48.8 Å². The number of anilines is 2. The third kappa shape index (κ3) is 8.84. The number of amides is 3. The molecule has 0 bridgehead atoms. The number of rotatable bonds is 7. The third-order valence-electron chi connectivity index (χ3n) is 12.3. The van der Waals surface area contributed by atoms with Crippen LogP contribution in [0.15, 0.2) is 144 Å². The lowest BCUT2D eigenvalue weighted by Crippen LogP contribution is -2.18. The van der Waals surface area contributed by atoms with E-state index in [1.165, 1.54) is 24.3 Å². The molecule has 4 aliphatic rings. The molecule has 2 fully saturated rings. The number of halogens is 2. The maximum atomic E-state index is 13.2. The molecule has 8 aromatic rings. The van der Waals surface area contributed by atoms with Crippen molar-refractivity contribution in [1.29, 1.82) is 0 Å². The van der Waals surface area contributed by atoms with Crippen LogP contribution in [-0.4, -0.2) is 51.2 Å². The summed E-state index contributed by atoms with van der Waals surface area (Å²) in [4.78, 5) is 55.0. The summed E-state index contributed by atoms with van der Waals surface area (Å²) in [6, 6.07) is 39.1. The number of aromatic amines is 2. The first-order valence-electron chi connectivity index (χ1n) is 21.5. The summed E-state index contributed by atoms with van der Waals surface area (Å²) in [5.41, 5.74) is 22.0. The van der Waals surface area contributed by atoms with E-state index in [4.69, 9.17) is 10.8 Å². The number of H-pyrrole nitrogens is 2. The number of nitrogens with one attached hydrogen (secondary N) is 5. The lowest BCUT2D eigenvalue weighted by Gasteiger charge is -2.08. The van der Waals surface area contributed by atoms with Gasteiger partial charge >= 0.3 is 5.97 Å². The summed E-state index contributed by atoms with van der Waals surface area (Å²) in [5, 5.41) is 21.3. The second-order valence-corrected chi connectivity index (χ2v) is 16.7. The highest BCUT2D eigenvalue weighted by Gasteiger charge is 2.45. The molecule has 12 rings (SSSR count). The zero-order valence-corrected chi connectivity index (χ0v) is 35.4. The molecular formula is C53H44F2N8O5. The van der Waals surface area contributed by atoms with E-state index < -0.39 is 5.97 Å². The molecule has 0 radical (unpaired) electrons. The Morgan fingerprint density at radius 2 is 1.07 bits per heavy atom. The van der Waals surface area contributed by atoms with Crippen molar-refractivity contribution < 1.29 is 33.1 Å². The third-order valence-corrected chi connectivity index (χ3v) is 12.3. The minimum absolute atomic E-state index is 0. The van der Waals surface area contributed by atoms with Crippen LogP contribution >= 0.6 is 0 Å². The molecule has 3 amide bonds. The maximum Gasteiger partial charge on any atom is 0.307 e. The molecule has 68 heavy (non-hydrogen) atoms. The van der Waals surface area contributed by atoms with Gasteiger partial charge in [0.05, 0.1) is 40.9 Å². The lowest BCUT2D eigenvalue weighted by atomic mass is 10.0. The highest BCUT2D eigenvalue weighted by Crippen LogP contribution is 2.49. The SMILES string of the molecule is C.Nc1cc2c3c(c(-c4ccccc4)[nH]c3c1)C=NNC2=O.O=C(O)C1CC1c1ccc(F)cc1.O=C1NN=Cc2c(-c3ccccc3)[nH]c3cc(NC(=O)C4CC4c4ccc(F)cc4)cc1c23. The monoisotopic (exact) mass is 910 g/mol. The molecule has 4 unspecified atom stereocenters. The van der Waals surface area contributed by atoms with Crippen molar-refractivity contribution in [3.8, 4) is 22.5 Å². The number of hydrazone groups is 2. The van der Waals surface area contributed by atoms with Crippen molar-refractivity contribution in [2.24, 2.45) is 22.0 Å². The molecule has 4 heterocycles. The van der Waals surface area contributed by atoms with Crippen LogP contribution in [0, 0.1) is 23.5 Å². The largest absolute Gasteiger partial charge is 0.481 e. The van der Waals surface area contributed by atoms with Gasteiger partial charge in [0, 0.05) is 50.2 Å². The molecule has 13 nitrogen and oxygen atoms in total. The second-order valence-electron chi connectivity index (χ2n) is 16.7. The molecule has 2 aliphatic heterocycles. The van der Waals surface area contributed by atoms with E-state index in [1.807, 2.05) is 72.8 Å². The Labute approximate surface area is 388 Å². The predicted molar refractivity (Wildman–Crippen MR) is 259 cm³/mol. The van der Waals surface area contributed by atoms with E-state index in [0.29, 0.717) is 35.3 Å². The van der Waals surface area contributed by atoms with Crippen molar-refractivity contribution in [2.75, 3.05) is 11.1 Å². The van der Waals surface area contributed by atoms with Gasteiger partial charge in [0.15, 0.2) is 0 Å². The maximum absolute atomic E-state index is 13.2. The van der Waals surface area contributed by atoms with E-state index >= 15 is 0 Å². The fraction of sp³-hybridized carbons (Fsp3) is 0.132. The quantitative estimate of drug-likeness (QED) is 0.0774. The number of nitrogens with zero attached hydrogens (tertiary/aromatic N) is 2. The van der Waals surface area contributed by atoms with E-state index in [2.05, 4.69) is 36.3 Å². The molecule has 2 aliphatic carbocycles. The number of carbonyl (C=O) groups is 4. The van der Waals surface area contributed by atoms with Crippen LogP contribution in [0.3, 0.4) is 0 Å². The van der Waals surface area contributed by atoms with Crippen LogP contribution in [-0.2, 0) is 9.59 Å². The van der Waals surface area contributed by atoms with Crippen LogP contribution in [0.1, 0.15) is 75.1 Å². The van der Waals surface area contributed by atoms with Crippen LogP contribution < -0.4 is 21.9 Å². The predicted octanol–water partition coefficient (Wildman–Crippen LogP) is 9.94. The molecule has 4 atom stereocenters. The van der Waals surface area contributed by atoms with Gasteiger partial charge in [0.1, 0.15) is 11.6 Å². The Hall–Kier alpha value is -8.72. The van der Waals surface area contributed by atoms with Gasteiger partial charge in [-0.25, -0.2) is 19.6 Å². The molecule has 2 saturated carbocycles. The average molecular weight is 911 g/mol. The Morgan fingerprint density at radius 3 is 1.56 bits per heavy atom. The van der Waals surface area contributed by atoms with Gasteiger partial charge in [-0.3, -0.25) is 19.2 Å². The number of carboxylic acid groups (broad SMARTS) is 1. The van der Waals surface area contributed by atoms with Gasteiger partial charge in [-0.2, -0.15) is 10.2 Å². The molecule has 2 aromatic heterocycles. The van der Waals surface area contributed by atoms with Crippen LogP contribution in [0.2, 0.25) is 0 Å². The van der Waals surface area contributed by atoms with Crippen molar-refractivity contribution in [3.63, 3.8) is 0 Å². The Morgan fingerprint density at radius 1 is 0.618 bits per heavy atom. The van der Waals surface area contributed by atoms with Crippen LogP contribution in [0.5, 0.6) is 0 Å². The first kappa shape index (κ1) is 44.5. The highest BCUT2D eigenvalue weighted by atomic mass is 19.1. The van der Waals surface area contributed by atoms with Crippen molar-refractivity contribution in [1.82, 2.24) is 20.8 Å². The summed E-state index contributed by atoms with van der Waals surface area (Å²) in [5.74, 6) is -2.29. The highest BCUT2D eigenvalue weighted by molar-refractivity contribution is 6.19. The molecule has 8 N–H and O–H groups in total. The smallest absolute Gasteiger partial charge is 0.307 e. The number of hydrogen-bond acceptors (Lipinski definition) is 7. The number of carboxylic acids is 1. The Balaban J connectivity index is 0.000000141. The summed E-state index contributed by atoms with van der Waals surface area (Å²) in [6.07, 6.45) is 4.71. The molecule has 6 aromatic carbocycles. The number of carbonyl (C=O) groups excluding carboxylic acids is 3. The zero-order valence-electron chi connectivity index (χ0n) is 35.4. The molecule has 340 valence electrons.